The van der Waals surface area contributed by atoms with Crippen molar-refractivity contribution in [3.8, 4) is 0 Å². The van der Waals surface area contributed by atoms with Gasteiger partial charge < -0.3 is 4.98 Å². The number of unbranched alkanes of at least 4 members (excludes halogenated alkanes) is 4. The summed E-state index contributed by atoms with van der Waals surface area (Å²) in [6.45, 7) is 6.28. The Balaban J connectivity index is 2.16. The van der Waals surface area contributed by atoms with Gasteiger partial charge in [0.2, 0.25) is 0 Å². The van der Waals surface area contributed by atoms with Crippen molar-refractivity contribution in [3.05, 3.63) is 39.9 Å². The zero-order valence-corrected chi connectivity index (χ0v) is 13.4. The molecule has 0 saturated carbocycles. The van der Waals surface area contributed by atoms with E-state index in [4.69, 9.17) is 0 Å². The Morgan fingerprint density at radius 1 is 1.19 bits per heavy atom. The van der Waals surface area contributed by atoms with Gasteiger partial charge >= 0.3 is 0 Å². The van der Waals surface area contributed by atoms with E-state index in [1.165, 1.54) is 32.1 Å². The van der Waals surface area contributed by atoms with Gasteiger partial charge in [0.25, 0.3) is 5.56 Å². The van der Waals surface area contributed by atoms with Gasteiger partial charge in [-0.05, 0) is 30.9 Å². The van der Waals surface area contributed by atoms with Crippen LogP contribution < -0.4 is 5.56 Å². The Kier molecular flexibility index (Phi) is 5.54. The van der Waals surface area contributed by atoms with Crippen LogP contribution in [0, 0.1) is 6.92 Å². The maximum absolute atomic E-state index is 12.2. The van der Waals surface area contributed by atoms with Gasteiger partial charge in [-0.2, -0.15) is 0 Å². The molecule has 3 heteroatoms. The van der Waals surface area contributed by atoms with Crippen LogP contribution in [-0.4, -0.2) is 9.97 Å². The Bertz CT molecular complexity index is 645. The van der Waals surface area contributed by atoms with Crippen molar-refractivity contribution in [2.45, 2.75) is 65.2 Å². The van der Waals surface area contributed by atoms with Crippen molar-refractivity contribution in [1.82, 2.24) is 9.97 Å². The van der Waals surface area contributed by atoms with E-state index in [0.717, 1.165) is 22.9 Å². The lowest BCUT2D eigenvalue weighted by Gasteiger charge is -2.14. The summed E-state index contributed by atoms with van der Waals surface area (Å²) in [5.41, 5.74) is 1.94. The molecule has 0 saturated heterocycles. The van der Waals surface area contributed by atoms with Gasteiger partial charge in [0.1, 0.15) is 5.82 Å². The fraction of sp³-hybridized carbons (Fsp3) is 0.556. The van der Waals surface area contributed by atoms with Gasteiger partial charge in [-0.25, -0.2) is 4.98 Å². The summed E-state index contributed by atoms with van der Waals surface area (Å²) < 4.78 is 0. The number of rotatable bonds is 7. The molecule has 3 nitrogen and oxygen atoms in total. The number of fused-ring (bicyclic) bond motifs is 1. The normalized spacial score (nSPS) is 12.7. The van der Waals surface area contributed by atoms with Crippen molar-refractivity contribution in [1.29, 1.82) is 0 Å². The second-order valence-electron chi connectivity index (χ2n) is 6.00. The third-order valence-electron chi connectivity index (χ3n) is 4.16. The molecule has 0 aliphatic rings. The van der Waals surface area contributed by atoms with Crippen LogP contribution in [0.2, 0.25) is 0 Å². The van der Waals surface area contributed by atoms with Crippen LogP contribution in [0.1, 0.15) is 69.7 Å². The van der Waals surface area contributed by atoms with E-state index in [9.17, 15) is 4.79 Å². The lowest BCUT2D eigenvalue weighted by molar-refractivity contribution is 0.568. The first-order valence-electron chi connectivity index (χ1n) is 8.13. The molecule has 1 unspecified atom stereocenters. The van der Waals surface area contributed by atoms with Gasteiger partial charge in [-0.3, -0.25) is 4.79 Å². The summed E-state index contributed by atoms with van der Waals surface area (Å²) in [4.78, 5) is 19.5. The third kappa shape index (κ3) is 3.93. The molecule has 0 bridgehead atoms. The third-order valence-corrected chi connectivity index (χ3v) is 4.16. The summed E-state index contributed by atoms with van der Waals surface area (Å²) in [5.74, 6) is 1.08. The van der Waals surface area contributed by atoms with E-state index < -0.39 is 0 Å². The van der Waals surface area contributed by atoms with Crippen LogP contribution in [0.15, 0.2) is 23.0 Å². The molecule has 0 fully saturated rings. The molecule has 2 rings (SSSR count). The van der Waals surface area contributed by atoms with Crippen molar-refractivity contribution in [3.63, 3.8) is 0 Å². The monoisotopic (exact) mass is 286 g/mol. The first kappa shape index (κ1) is 15.7. The molecule has 1 aromatic carbocycles. The van der Waals surface area contributed by atoms with Gasteiger partial charge in [-0.1, -0.05) is 58.1 Å². The number of benzene rings is 1. The molecular weight excluding hydrogens is 260 g/mol. The number of hydrogen-bond acceptors (Lipinski definition) is 2. The molecule has 0 radical (unpaired) electrons. The molecule has 114 valence electrons. The van der Waals surface area contributed by atoms with Gasteiger partial charge in [0.15, 0.2) is 0 Å². The molecule has 2 aromatic rings. The minimum atomic E-state index is -0.00840. The summed E-state index contributed by atoms with van der Waals surface area (Å²) in [7, 11) is 0. The van der Waals surface area contributed by atoms with Crippen molar-refractivity contribution in [2.75, 3.05) is 0 Å². The summed E-state index contributed by atoms with van der Waals surface area (Å²) >= 11 is 0. The van der Waals surface area contributed by atoms with Crippen LogP contribution in [0.5, 0.6) is 0 Å². The maximum Gasteiger partial charge on any atom is 0.259 e. The number of hydrogen-bond donors (Lipinski definition) is 1. The highest BCUT2D eigenvalue weighted by molar-refractivity contribution is 5.81. The summed E-state index contributed by atoms with van der Waals surface area (Å²) in [6.07, 6.45) is 7.58. The number of aromatic nitrogens is 2. The molecule has 0 spiro atoms. The fourth-order valence-electron chi connectivity index (χ4n) is 2.95. The summed E-state index contributed by atoms with van der Waals surface area (Å²) in [6, 6.07) is 6.01. The molecular formula is C18H26N2O. The zero-order valence-electron chi connectivity index (χ0n) is 13.4. The van der Waals surface area contributed by atoms with Crippen molar-refractivity contribution >= 4 is 10.9 Å². The molecule has 1 atom stereocenters. The second kappa shape index (κ2) is 7.39. The van der Waals surface area contributed by atoms with Crippen LogP contribution in [-0.2, 0) is 0 Å². The largest absolute Gasteiger partial charge is 0.310 e. The Hall–Kier alpha value is -1.64. The minimum absolute atomic E-state index is 0.00840. The van der Waals surface area contributed by atoms with E-state index in [2.05, 4.69) is 29.9 Å². The van der Waals surface area contributed by atoms with Crippen LogP contribution in [0.3, 0.4) is 0 Å². The van der Waals surface area contributed by atoms with E-state index in [0.29, 0.717) is 11.7 Å². The summed E-state index contributed by atoms with van der Waals surface area (Å²) in [5, 5.41) is 0.768. The van der Waals surface area contributed by atoms with Gasteiger partial charge in [-0.15, -0.1) is 0 Å². The lowest BCUT2D eigenvalue weighted by Crippen LogP contribution is -2.12. The average Bonchev–Trinajstić information content (AvgIpc) is 2.45. The molecule has 1 N–H and O–H groups in total. The van der Waals surface area contributed by atoms with E-state index in [1.807, 2.05) is 19.1 Å². The SMILES string of the molecule is CCCCCCCC(C)c1cccc2nc(C)[nH]c(=O)c12. The standard InChI is InChI=1S/C18H26N2O/c1-4-5-6-7-8-10-13(2)15-11-9-12-16-17(15)18(21)20-14(3)19-16/h9,11-13H,4-8,10H2,1-3H3,(H,19,20,21). The minimum Gasteiger partial charge on any atom is -0.310 e. The zero-order chi connectivity index (χ0) is 15.2. The highest BCUT2D eigenvalue weighted by Gasteiger charge is 2.13. The lowest BCUT2D eigenvalue weighted by atomic mass is 9.92. The number of nitrogens with one attached hydrogen (secondary N) is 1. The van der Waals surface area contributed by atoms with Crippen molar-refractivity contribution in [2.24, 2.45) is 0 Å². The quantitative estimate of drug-likeness (QED) is 0.750. The van der Waals surface area contributed by atoms with E-state index in [1.54, 1.807) is 0 Å². The molecule has 1 aromatic heterocycles. The van der Waals surface area contributed by atoms with Crippen LogP contribution >= 0.6 is 0 Å². The van der Waals surface area contributed by atoms with Crippen LogP contribution in [0.4, 0.5) is 0 Å². The Labute approximate surface area is 126 Å². The number of aromatic amines is 1. The number of aryl methyl sites for hydroxylation is 1. The molecule has 21 heavy (non-hydrogen) atoms. The predicted molar refractivity (Wildman–Crippen MR) is 88.9 cm³/mol. The number of nitrogens with zero attached hydrogens (tertiary/aromatic N) is 1. The Morgan fingerprint density at radius 2 is 1.95 bits per heavy atom. The second-order valence-corrected chi connectivity index (χ2v) is 6.00. The fourth-order valence-corrected chi connectivity index (χ4v) is 2.95. The Morgan fingerprint density at radius 3 is 2.71 bits per heavy atom. The molecule has 1 heterocycles. The highest BCUT2D eigenvalue weighted by atomic mass is 16.1. The molecule has 0 aliphatic carbocycles. The molecule has 0 amide bonds. The molecule has 0 aliphatic heterocycles. The average molecular weight is 286 g/mol. The topological polar surface area (TPSA) is 45.8 Å². The maximum atomic E-state index is 12.2. The van der Waals surface area contributed by atoms with E-state index in [-0.39, 0.29) is 5.56 Å². The van der Waals surface area contributed by atoms with Crippen LogP contribution in [0.25, 0.3) is 10.9 Å². The first-order chi connectivity index (χ1) is 10.1. The van der Waals surface area contributed by atoms with Gasteiger partial charge in [0.05, 0.1) is 10.9 Å². The van der Waals surface area contributed by atoms with Gasteiger partial charge in [0, 0.05) is 0 Å². The smallest absolute Gasteiger partial charge is 0.259 e. The van der Waals surface area contributed by atoms with Crippen molar-refractivity contribution < 1.29 is 0 Å². The van der Waals surface area contributed by atoms with E-state index >= 15 is 0 Å². The number of H-pyrrole nitrogens is 1. The highest BCUT2D eigenvalue weighted by Crippen LogP contribution is 2.26. The predicted octanol–water partition coefficient (Wildman–Crippen LogP) is 4.70. The first-order valence-corrected chi connectivity index (χ1v) is 8.13.